The molecule has 4 nitrogen and oxygen atoms in total. The zero-order chi connectivity index (χ0) is 12.3. The van der Waals surface area contributed by atoms with Crippen molar-refractivity contribution in [3.05, 3.63) is 0 Å². The lowest BCUT2D eigenvalue weighted by Crippen LogP contribution is -2.34. The van der Waals surface area contributed by atoms with Crippen molar-refractivity contribution in [1.29, 1.82) is 0 Å². The summed E-state index contributed by atoms with van der Waals surface area (Å²) >= 11 is 0. The Hall–Kier alpha value is -1.06. The Morgan fingerprint density at radius 3 is 2.76 bits per heavy atom. The van der Waals surface area contributed by atoms with Crippen LogP contribution in [0.1, 0.15) is 40.0 Å². The van der Waals surface area contributed by atoms with Crippen LogP contribution in [0, 0.1) is 5.41 Å². The maximum absolute atomic E-state index is 5.73. The number of rotatable bonds is 5. The second-order valence-corrected chi connectivity index (χ2v) is 5.20. The van der Waals surface area contributed by atoms with Crippen LogP contribution in [0.5, 0.6) is 0 Å². The Balaban J connectivity index is 2.02. The molecule has 0 saturated carbocycles. The molecule has 2 aliphatic rings. The highest BCUT2D eigenvalue weighted by molar-refractivity contribution is 6.05. The van der Waals surface area contributed by atoms with Crippen molar-refractivity contribution in [1.82, 2.24) is 0 Å². The van der Waals surface area contributed by atoms with E-state index in [4.69, 9.17) is 9.47 Å². The van der Waals surface area contributed by atoms with Crippen molar-refractivity contribution in [2.24, 2.45) is 15.4 Å². The topological polar surface area (TPSA) is 43.2 Å². The number of unbranched alkanes of at least 4 members (excludes halogenated alkanes) is 1. The Kier molecular flexibility index (Phi) is 3.69. The fourth-order valence-corrected chi connectivity index (χ4v) is 2.15. The molecule has 2 rings (SSSR count). The Bertz CT molecular complexity index is 334. The van der Waals surface area contributed by atoms with Crippen molar-refractivity contribution in [2.75, 3.05) is 19.8 Å². The van der Waals surface area contributed by atoms with Gasteiger partial charge in [0.2, 0.25) is 0 Å². The van der Waals surface area contributed by atoms with E-state index in [9.17, 15) is 0 Å². The molecular weight excluding hydrogens is 216 g/mol. The van der Waals surface area contributed by atoms with Crippen molar-refractivity contribution in [3.63, 3.8) is 0 Å². The van der Waals surface area contributed by atoms with E-state index >= 15 is 0 Å². The van der Waals surface area contributed by atoms with Crippen molar-refractivity contribution >= 4 is 11.8 Å². The van der Waals surface area contributed by atoms with E-state index in [1.165, 1.54) is 12.8 Å². The van der Waals surface area contributed by atoms with Crippen LogP contribution in [0.25, 0.3) is 0 Å². The summed E-state index contributed by atoms with van der Waals surface area (Å²) in [6.07, 6.45) is 3.53. The predicted octanol–water partition coefficient (Wildman–Crippen LogP) is 2.43. The minimum Gasteiger partial charge on any atom is -0.478 e. The monoisotopic (exact) mass is 238 g/mol. The molecule has 0 N–H and O–H groups in total. The number of ether oxygens (including phenoxy) is 2. The zero-order valence-electron chi connectivity index (χ0n) is 11.0. The lowest BCUT2D eigenvalue weighted by Gasteiger charge is -2.22. The van der Waals surface area contributed by atoms with Crippen LogP contribution >= 0.6 is 0 Å². The van der Waals surface area contributed by atoms with Crippen LogP contribution in [0.15, 0.2) is 9.98 Å². The van der Waals surface area contributed by atoms with Gasteiger partial charge in [-0.05, 0) is 20.3 Å². The molecule has 0 spiro atoms. The van der Waals surface area contributed by atoms with Crippen LogP contribution in [0.2, 0.25) is 0 Å². The van der Waals surface area contributed by atoms with Gasteiger partial charge in [-0.15, -0.1) is 0 Å². The fraction of sp³-hybridized carbons (Fsp3) is 0.846. The lowest BCUT2D eigenvalue weighted by atomic mass is 9.93. The third-order valence-electron chi connectivity index (χ3n) is 3.26. The third kappa shape index (κ3) is 2.61. The predicted molar refractivity (Wildman–Crippen MR) is 68.7 cm³/mol. The van der Waals surface area contributed by atoms with Crippen molar-refractivity contribution in [3.8, 4) is 0 Å². The molecule has 0 radical (unpaired) electrons. The smallest absolute Gasteiger partial charge is 0.199 e. The molecule has 17 heavy (non-hydrogen) atoms. The molecule has 0 unspecified atom stereocenters. The normalized spacial score (nSPS) is 24.1. The maximum atomic E-state index is 5.73. The molecule has 0 fully saturated rings. The summed E-state index contributed by atoms with van der Waals surface area (Å²) in [6, 6.07) is 0.325. The molecule has 2 heterocycles. The Morgan fingerprint density at radius 2 is 2.12 bits per heavy atom. The van der Waals surface area contributed by atoms with Gasteiger partial charge in [-0.1, -0.05) is 19.8 Å². The number of hydrogen-bond acceptors (Lipinski definition) is 4. The standard InChI is InChI=1S/C13H22N2O2/c1-4-5-6-10-9-17-12(15-10)13(2,3)11-14-7-8-16-11/h10H,4-9H2,1-3H3/t10-/m0/s1. The van der Waals surface area contributed by atoms with Gasteiger partial charge in [0.25, 0.3) is 0 Å². The first-order valence-corrected chi connectivity index (χ1v) is 6.53. The Labute approximate surface area is 103 Å². The van der Waals surface area contributed by atoms with Gasteiger partial charge in [-0.25, -0.2) is 4.99 Å². The minimum atomic E-state index is -0.308. The highest BCUT2D eigenvalue weighted by atomic mass is 16.5. The molecule has 0 amide bonds. The van der Waals surface area contributed by atoms with E-state index in [1.807, 2.05) is 0 Å². The average Bonchev–Trinajstić information content (AvgIpc) is 2.97. The molecule has 1 atom stereocenters. The van der Waals surface area contributed by atoms with E-state index < -0.39 is 0 Å². The van der Waals surface area contributed by atoms with Crippen LogP contribution in [-0.4, -0.2) is 37.6 Å². The average molecular weight is 238 g/mol. The van der Waals surface area contributed by atoms with E-state index in [1.54, 1.807) is 0 Å². The highest BCUT2D eigenvalue weighted by Gasteiger charge is 2.39. The molecule has 0 aliphatic carbocycles. The van der Waals surface area contributed by atoms with Crippen molar-refractivity contribution in [2.45, 2.75) is 46.1 Å². The second-order valence-electron chi connectivity index (χ2n) is 5.20. The molecule has 2 aliphatic heterocycles. The van der Waals surface area contributed by atoms with Gasteiger partial charge >= 0.3 is 0 Å². The van der Waals surface area contributed by atoms with Gasteiger partial charge < -0.3 is 9.47 Å². The van der Waals surface area contributed by atoms with E-state index in [0.29, 0.717) is 19.3 Å². The van der Waals surface area contributed by atoms with Crippen LogP contribution < -0.4 is 0 Å². The lowest BCUT2D eigenvalue weighted by molar-refractivity contribution is 0.268. The summed E-state index contributed by atoms with van der Waals surface area (Å²) in [6.45, 7) is 8.49. The van der Waals surface area contributed by atoms with Gasteiger partial charge in [0.1, 0.15) is 18.6 Å². The quantitative estimate of drug-likeness (QED) is 0.738. The third-order valence-corrected chi connectivity index (χ3v) is 3.26. The molecule has 0 aromatic carbocycles. The summed E-state index contributed by atoms with van der Waals surface area (Å²) in [5.74, 6) is 1.56. The number of aliphatic imine (C=N–C) groups is 2. The largest absolute Gasteiger partial charge is 0.478 e. The highest BCUT2D eigenvalue weighted by Crippen LogP contribution is 2.28. The fourth-order valence-electron chi connectivity index (χ4n) is 2.15. The maximum Gasteiger partial charge on any atom is 0.199 e. The molecule has 96 valence electrons. The zero-order valence-corrected chi connectivity index (χ0v) is 11.0. The number of hydrogen-bond donors (Lipinski definition) is 0. The minimum absolute atomic E-state index is 0.308. The van der Waals surface area contributed by atoms with Gasteiger partial charge in [-0.2, -0.15) is 0 Å². The molecular formula is C13H22N2O2. The van der Waals surface area contributed by atoms with Gasteiger partial charge in [-0.3, -0.25) is 4.99 Å². The SMILES string of the molecule is CCCC[C@H]1COC(C(C)(C)C2=NCCO2)=N1. The Morgan fingerprint density at radius 1 is 1.29 bits per heavy atom. The molecule has 0 saturated heterocycles. The van der Waals surface area contributed by atoms with Gasteiger partial charge in [0.15, 0.2) is 11.8 Å². The summed E-state index contributed by atoms with van der Waals surface area (Å²) in [5, 5.41) is 0. The molecule has 4 heteroatoms. The molecule has 0 aromatic heterocycles. The second kappa shape index (κ2) is 5.07. The van der Waals surface area contributed by atoms with Gasteiger partial charge in [0.05, 0.1) is 12.6 Å². The first-order valence-electron chi connectivity index (χ1n) is 6.53. The summed E-state index contributed by atoms with van der Waals surface area (Å²) in [5.41, 5.74) is -0.308. The summed E-state index contributed by atoms with van der Waals surface area (Å²) in [7, 11) is 0. The van der Waals surface area contributed by atoms with E-state index in [-0.39, 0.29) is 5.41 Å². The van der Waals surface area contributed by atoms with Crippen LogP contribution in [-0.2, 0) is 9.47 Å². The molecule has 0 bridgehead atoms. The number of nitrogens with zero attached hydrogens (tertiary/aromatic N) is 2. The van der Waals surface area contributed by atoms with Crippen LogP contribution in [0.4, 0.5) is 0 Å². The molecule has 0 aromatic rings. The van der Waals surface area contributed by atoms with E-state index in [2.05, 4.69) is 30.8 Å². The first kappa shape index (κ1) is 12.4. The van der Waals surface area contributed by atoms with Gasteiger partial charge in [0, 0.05) is 0 Å². The summed E-state index contributed by atoms with van der Waals surface area (Å²) in [4.78, 5) is 9.05. The summed E-state index contributed by atoms with van der Waals surface area (Å²) < 4.78 is 11.3. The van der Waals surface area contributed by atoms with E-state index in [0.717, 1.165) is 24.8 Å². The van der Waals surface area contributed by atoms with Crippen molar-refractivity contribution < 1.29 is 9.47 Å². The first-order chi connectivity index (χ1) is 8.14. The van der Waals surface area contributed by atoms with Crippen LogP contribution in [0.3, 0.4) is 0 Å².